The maximum atomic E-state index is 12.2. The van der Waals surface area contributed by atoms with E-state index < -0.39 is 24.0 Å². The summed E-state index contributed by atoms with van der Waals surface area (Å²) in [5.74, 6) is -1.33. The summed E-state index contributed by atoms with van der Waals surface area (Å²) in [7, 11) is 5.84. The number of quaternary nitrogens is 1. The number of urea groups is 1. The molecule has 174 valence electrons. The number of aliphatic carboxylic acids is 2. The van der Waals surface area contributed by atoms with Gasteiger partial charge in [-0.25, -0.2) is 4.79 Å². The molecule has 2 aromatic carbocycles. The zero-order valence-corrected chi connectivity index (χ0v) is 18.8. The Morgan fingerprint density at radius 1 is 1.03 bits per heavy atom. The normalized spacial score (nSPS) is 11.4. The number of hydrogen-bond acceptors (Lipinski definition) is 5. The fraction of sp³-hybridized carbons (Fsp3) is 0.348. The Balaban J connectivity index is 0.00000118. The second kappa shape index (κ2) is 13.0. The quantitative estimate of drug-likeness (QED) is 0.504. The van der Waals surface area contributed by atoms with Crippen LogP contribution in [0.5, 0.6) is 5.75 Å². The van der Waals surface area contributed by atoms with Crippen molar-refractivity contribution < 1.29 is 33.8 Å². The van der Waals surface area contributed by atoms with Gasteiger partial charge in [0.15, 0.2) is 0 Å². The van der Waals surface area contributed by atoms with E-state index in [-0.39, 0.29) is 6.42 Å². The molecule has 3 N–H and O–H groups in total. The lowest BCUT2D eigenvalue weighted by molar-refractivity contribution is -0.871. The molecular formula is C23H31N3O6. The minimum atomic E-state index is -1.08. The van der Waals surface area contributed by atoms with Gasteiger partial charge in [-0.05, 0) is 36.8 Å². The lowest BCUT2D eigenvalue weighted by Crippen LogP contribution is -2.50. The molecule has 0 aliphatic carbocycles. The minimum Gasteiger partial charge on any atom is -0.550 e. The van der Waals surface area contributed by atoms with Crippen molar-refractivity contribution in [3.63, 3.8) is 0 Å². The first-order valence-electron chi connectivity index (χ1n) is 9.99. The number of rotatable bonds is 9. The number of carboxylic acid groups (broad SMARTS) is 2. The lowest BCUT2D eigenvalue weighted by Gasteiger charge is -2.29. The van der Waals surface area contributed by atoms with Crippen molar-refractivity contribution in [3.05, 3.63) is 60.2 Å². The molecule has 32 heavy (non-hydrogen) atoms. The van der Waals surface area contributed by atoms with Crippen molar-refractivity contribution in [3.8, 4) is 5.75 Å². The Hall–Kier alpha value is -3.59. The fourth-order valence-corrected chi connectivity index (χ4v) is 2.76. The van der Waals surface area contributed by atoms with Crippen molar-refractivity contribution >= 4 is 23.7 Å². The zero-order valence-electron chi connectivity index (χ0n) is 18.8. The Morgan fingerprint density at radius 2 is 1.59 bits per heavy atom. The van der Waals surface area contributed by atoms with Gasteiger partial charge in [-0.3, -0.25) is 4.79 Å². The summed E-state index contributed by atoms with van der Waals surface area (Å²) in [6.07, 6.45) is -0.130. The highest BCUT2D eigenvalue weighted by Crippen LogP contribution is 2.17. The molecule has 9 heteroatoms. The SMILES string of the molecule is CC(=O)[O-].C[N+](C)(C)C[C@@H](CC(=O)O)NC(=O)Nc1ccc(OCc2ccccc2)cc1. The van der Waals surface area contributed by atoms with Crippen LogP contribution in [0.2, 0.25) is 0 Å². The van der Waals surface area contributed by atoms with E-state index in [1.807, 2.05) is 51.5 Å². The van der Waals surface area contributed by atoms with Gasteiger partial charge >= 0.3 is 12.0 Å². The summed E-state index contributed by atoms with van der Waals surface area (Å²) in [5.41, 5.74) is 1.68. The molecule has 0 aromatic heterocycles. The molecule has 0 aliphatic heterocycles. The van der Waals surface area contributed by atoms with Gasteiger partial charge in [0.25, 0.3) is 0 Å². The summed E-state index contributed by atoms with van der Waals surface area (Å²) < 4.78 is 6.27. The second-order valence-electron chi connectivity index (χ2n) is 8.16. The molecule has 0 spiro atoms. The average molecular weight is 446 g/mol. The van der Waals surface area contributed by atoms with Crippen LogP contribution in [0, 0.1) is 0 Å². The Bertz CT molecular complexity index is 860. The summed E-state index contributed by atoms with van der Waals surface area (Å²) in [4.78, 5) is 32.2. The maximum Gasteiger partial charge on any atom is 0.319 e. The summed E-state index contributed by atoms with van der Waals surface area (Å²) in [6, 6.07) is 16.0. The number of benzene rings is 2. The van der Waals surface area contributed by atoms with Crippen LogP contribution in [0.15, 0.2) is 54.6 Å². The third-order valence-corrected chi connectivity index (χ3v) is 3.88. The fourth-order valence-electron chi connectivity index (χ4n) is 2.76. The summed E-state index contributed by atoms with van der Waals surface area (Å²) in [5, 5.41) is 23.4. The average Bonchev–Trinajstić information content (AvgIpc) is 2.66. The highest BCUT2D eigenvalue weighted by Gasteiger charge is 2.22. The van der Waals surface area contributed by atoms with E-state index in [1.165, 1.54) is 0 Å². The van der Waals surface area contributed by atoms with Gasteiger partial charge in [-0.1, -0.05) is 30.3 Å². The number of likely N-dealkylation sites (N-methyl/N-ethyl adjacent to an activating group) is 1. The zero-order chi connectivity index (χ0) is 24.1. The van der Waals surface area contributed by atoms with Gasteiger partial charge in [0, 0.05) is 11.7 Å². The van der Waals surface area contributed by atoms with E-state index in [2.05, 4.69) is 10.6 Å². The van der Waals surface area contributed by atoms with Crippen LogP contribution in [0.1, 0.15) is 18.9 Å². The molecule has 0 aliphatic rings. The summed E-state index contributed by atoms with van der Waals surface area (Å²) in [6.45, 7) is 1.95. The van der Waals surface area contributed by atoms with Crippen molar-refractivity contribution in [2.75, 3.05) is 33.0 Å². The number of nitrogens with one attached hydrogen (secondary N) is 2. The Labute approximate surface area is 188 Å². The highest BCUT2D eigenvalue weighted by molar-refractivity contribution is 5.89. The molecule has 0 unspecified atom stereocenters. The molecule has 0 saturated carbocycles. The smallest absolute Gasteiger partial charge is 0.319 e. The van der Waals surface area contributed by atoms with Crippen LogP contribution >= 0.6 is 0 Å². The van der Waals surface area contributed by atoms with Crippen molar-refractivity contribution in [1.29, 1.82) is 0 Å². The van der Waals surface area contributed by atoms with Crippen LogP contribution in [-0.2, 0) is 16.2 Å². The van der Waals surface area contributed by atoms with Gasteiger partial charge in [-0.15, -0.1) is 0 Å². The van der Waals surface area contributed by atoms with Crippen LogP contribution < -0.4 is 20.5 Å². The highest BCUT2D eigenvalue weighted by atomic mass is 16.5. The Morgan fingerprint density at radius 3 is 2.09 bits per heavy atom. The molecule has 0 saturated heterocycles. The molecule has 9 nitrogen and oxygen atoms in total. The van der Waals surface area contributed by atoms with Crippen LogP contribution in [0.25, 0.3) is 0 Å². The van der Waals surface area contributed by atoms with E-state index >= 15 is 0 Å². The number of amides is 2. The number of nitrogens with zero attached hydrogens (tertiary/aromatic N) is 1. The van der Waals surface area contributed by atoms with E-state index in [4.69, 9.17) is 19.7 Å². The van der Waals surface area contributed by atoms with Gasteiger partial charge in [0.1, 0.15) is 12.4 Å². The molecule has 2 aromatic rings. The minimum absolute atomic E-state index is 0.130. The monoisotopic (exact) mass is 445 g/mol. The van der Waals surface area contributed by atoms with E-state index in [9.17, 15) is 9.59 Å². The van der Waals surface area contributed by atoms with Crippen LogP contribution in [-0.4, -0.2) is 61.3 Å². The van der Waals surface area contributed by atoms with Crippen molar-refractivity contribution in [2.45, 2.75) is 26.0 Å². The number of carbonyl (C=O) groups is 3. The topological polar surface area (TPSA) is 128 Å². The number of carbonyl (C=O) groups excluding carboxylic acids is 2. The first-order chi connectivity index (χ1) is 14.9. The molecule has 0 heterocycles. The van der Waals surface area contributed by atoms with Gasteiger partial charge in [-0.2, -0.15) is 0 Å². The van der Waals surface area contributed by atoms with E-state index in [1.54, 1.807) is 24.3 Å². The third kappa shape index (κ3) is 12.9. The van der Waals surface area contributed by atoms with Crippen molar-refractivity contribution in [2.24, 2.45) is 0 Å². The molecule has 1 atom stereocenters. The van der Waals surface area contributed by atoms with E-state index in [0.717, 1.165) is 12.5 Å². The van der Waals surface area contributed by atoms with Gasteiger partial charge in [0.2, 0.25) is 0 Å². The number of carboxylic acids is 2. The first kappa shape index (κ1) is 26.4. The molecule has 0 bridgehead atoms. The largest absolute Gasteiger partial charge is 0.550 e. The predicted octanol–water partition coefficient (Wildman–Crippen LogP) is 1.69. The standard InChI is InChI=1S/C21H27N3O4.C2H4O2/c1-24(2,3)14-18(13-20(25)26)23-21(27)22-17-9-11-19(12-10-17)28-15-16-7-5-4-6-8-16;1-2(3)4/h4-12,18H,13-15H2,1-3H3,(H2-,22,23,25,26,27);1H3,(H,3,4)/t18-;/m1./s1. The molecular weight excluding hydrogens is 414 g/mol. The number of anilines is 1. The molecule has 2 rings (SSSR count). The summed E-state index contributed by atoms with van der Waals surface area (Å²) >= 11 is 0. The predicted molar refractivity (Wildman–Crippen MR) is 119 cm³/mol. The maximum absolute atomic E-state index is 12.2. The first-order valence-corrected chi connectivity index (χ1v) is 9.99. The van der Waals surface area contributed by atoms with Crippen LogP contribution in [0.4, 0.5) is 10.5 Å². The van der Waals surface area contributed by atoms with Crippen molar-refractivity contribution in [1.82, 2.24) is 5.32 Å². The van der Waals surface area contributed by atoms with E-state index in [0.29, 0.717) is 29.1 Å². The van der Waals surface area contributed by atoms with Gasteiger partial charge < -0.3 is 34.9 Å². The second-order valence-corrected chi connectivity index (χ2v) is 8.16. The van der Waals surface area contributed by atoms with Crippen LogP contribution in [0.3, 0.4) is 0 Å². The third-order valence-electron chi connectivity index (χ3n) is 3.88. The Kier molecular flexibility index (Phi) is 10.7. The number of hydrogen-bond donors (Lipinski definition) is 3. The lowest BCUT2D eigenvalue weighted by atomic mass is 10.2. The molecule has 0 fully saturated rings. The molecule has 2 amide bonds. The number of ether oxygens (including phenoxy) is 1. The molecule has 0 radical (unpaired) electrons. The van der Waals surface area contributed by atoms with Gasteiger partial charge in [0.05, 0.1) is 40.2 Å².